The van der Waals surface area contributed by atoms with E-state index in [-0.39, 0.29) is 6.10 Å². The predicted molar refractivity (Wildman–Crippen MR) is 63.7 cm³/mol. The van der Waals surface area contributed by atoms with Crippen LogP contribution in [-0.2, 0) is 11.8 Å². The average molecular weight is 235 g/mol. The van der Waals surface area contributed by atoms with Gasteiger partial charge in [-0.25, -0.2) is 4.98 Å². The number of hydrogen-bond donors (Lipinski definition) is 1. The zero-order valence-electron chi connectivity index (χ0n) is 9.18. The van der Waals surface area contributed by atoms with E-state index in [2.05, 4.69) is 10.1 Å². The lowest BCUT2D eigenvalue weighted by molar-refractivity contribution is 0.129. The highest BCUT2D eigenvalue weighted by Crippen LogP contribution is 2.21. The first-order valence-corrected chi connectivity index (χ1v) is 5.34. The molecular formula is C11H13N3OS. The number of aromatic nitrogens is 3. The van der Waals surface area contributed by atoms with Crippen molar-refractivity contribution in [1.29, 1.82) is 0 Å². The average Bonchev–Trinajstić information content (AvgIpc) is 2.61. The van der Waals surface area contributed by atoms with Crippen molar-refractivity contribution in [2.24, 2.45) is 7.05 Å². The highest BCUT2D eigenvalue weighted by atomic mass is 32.1. The van der Waals surface area contributed by atoms with E-state index in [0.29, 0.717) is 4.77 Å². The van der Waals surface area contributed by atoms with Crippen molar-refractivity contribution >= 4 is 12.2 Å². The number of H-pyrrole nitrogens is 1. The van der Waals surface area contributed by atoms with E-state index < -0.39 is 0 Å². The normalized spacial score (nSPS) is 12.6. The summed E-state index contributed by atoms with van der Waals surface area (Å²) >= 11 is 5.06. The van der Waals surface area contributed by atoms with Crippen molar-refractivity contribution in [1.82, 2.24) is 14.8 Å². The van der Waals surface area contributed by atoms with Gasteiger partial charge in [0.25, 0.3) is 0 Å². The third kappa shape index (κ3) is 2.05. The molecule has 0 saturated heterocycles. The molecule has 0 spiro atoms. The first-order chi connectivity index (χ1) is 7.72. The Bertz CT molecular complexity index is 518. The molecule has 0 aliphatic carbocycles. The maximum absolute atomic E-state index is 5.44. The third-order valence-electron chi connectivity index (χ3n) is 2.37. The second-order valence-electron chi connectivity index (χ2n) is 3.48. The molecule has 1 aromatic carbocycles. The summed E-state index contributed by atoms with van der Waals surface area (Å²) in [7, 11) is 3.49. The van der Waals surface area contributed by atoms with Crippen LogP contribution >= 0.6 is 12.2 Å². The molecule has 16 heavy (non-hydrogen) atoms. The molecular weight excluding hydrogens is 222 g/mol. The largest absolute Gasteiger partial charge is 0.369 e. The van der Waals surface area contributed by atoms with Crippen LogP contribution in [0.3, 0.4) is 0 Å². The fourth-order valence-electron chi connectivity index (χ4n) is 1.57. The van der Waals surface area contributed by atoms with E-state index >= 15 is 0 Å². The Hall–Kier alpha value is -1.46. The van der Waals surface area contributed by atoms with Gasteiger partial charge in [0.2, 0.25) is 4.77 Å². The van der Waals surface area contributed by atoms with Crippen LogP contribution in [0.2, 0.25) is 0 Å². The summed E-state index contributed by atoms with van der Waals surface area (Å²) in [5.41, 5.74) is 1.05. The molecule has 0 radical (unpaired) electrons. The molecule has 0 fully saturated rings. The van der Waals surface area contributed by atoms with E-state index in [1.807, 2.05) is 37.4 Å². The van der Waals surface area contributed by atoms with Crippen LogP contribution in [0.5, 0.6) is 0 Å². The van der Waals surface area contributed by atoms with E-state index in [9.17, 15) is 0 Å². The second-order valence-corrected chi connectivity index (χ2v) is 3.84. The van der Waals surface area contributed by atoms with Crippen LogP contribution in [0.4, 0.5) is 0 Å². The minimum absolute atomic E-state index is 0.205. The predicted octanol–water partition coefficient (Wildman–Crippen LogP) is 2.21. The first-order valence-electron chi connectivity index (χ1n) is 4.93. The lowest BCUT2D eigenvalue weighted by Crippen LogP contribution is -2.06. The molecule has 0 aliphatic rings. The number of aromatic amines is 1. The summed E-state index contributed by atoms with van der Waals surface area (Å²) in [6.45, 7) is 0. The molecule has 2 aromatic rings. The summed E-state index contributed by atoms with van der Waals surface area (Å²) in [5.74, 6) is 0.723. The fraction of sp³-hybridized carbons (Fsp3) is 0.273. The summed E-state index contributed by atoms with van der Waals surface area (Å²) in [5, 5.41) is 3.07. The topological polar surface area (TPSA) is 42.8 Å². The van der Waals surface area contributed by atoms with Crippen LogP contribution < -0.4 is 0 Å². The van der Waals surface area contributed by atoms with Crippen molar-refractivity contribution in [3.05, 3.63) is 46.5 Å². The van der Waals surface area contributed by atoms with Gasteiger partial charge in [-0.2, -0.15) is 0 Å². The van der Waals surface area contributed by atoms with E-state index in [4.69, 9.17) is 17.0 Å². The van der Waals surface area contributed by atoms with Crippen molar-refractivity contribution in [3.63, 3.8) is 0 Å². The van der Waals surface area contributed by atoms with Gasteiger partial charge in [-0.1, -0.05) is 30.3 Å². The number of ether oxygens (including phenoxy) is 1. The Balaban J connectivity index is 2.40. The smallest absolute Gasteiger partial charge is 0.215 e. The second kappa shape index (κ2) is 4.59. The van der Waals surface area contributed by atoms with Crippen molar-refractivity contribution < 1.29 is 4.74 Å². The van der Waals surface area contributed by atoms with Gasteiger partial charge >= 0.3 is 0 Å². The number of methoxy groups -OCH3 is 1. The summed E-state index contributed by atoms with van der Waals surface area (Å²) in [4.78, 5) is 4.25. The zero-order valence-corrected chi connectivity index (χ0v) is 9.99. The summed E-state index contributed by atoms with van der Waals surface area (Å²) in [6.07, 6.45) is -0.205. The molecule has 1 N–H and O–H groups in total. The van der Waals surface area contributed by atoms with Gasteiger partial charge in [0.1, 0.15) is 6.10 Å². The Morgan fingerprint density at radius 1 is 1.38 bits per heavy atom. The van der Waals surface area contributed by atoms with Gasteiger partial charge in [0.15, 0.2) is 5.82 Å². The van der Waals surface area contributed by atoms with Gasteiger partial charge in [-0.05, 0) is 17.8 Å². The third-order valence-corrected chi connectivity index (χ3v) is 2.74. The molecule has 1 aromatic heterocycles. The molecule has 0 amide bonds. The monoisotopic (exact) mass is 235 g/mol. The number of rotatable bonds is 3. The number of benzene rings is 1. The molecule has 0 saturated carbocycles. The van der Waals surface area contributed by atoms with Gasteiger partial charge in [0.05, 0.1) is 0 Å². The fourth-order valence-corrected chi connectivity index (χ4v) is 1.72. The first kappa shape index (κ1) is 11.0. The summed E-state index contributed by atoms with van der Waals surface area (Å²) < 4.78 is 7.65. The van der Waals surface area contributed by atoms with Crippen LogP contribution in [0.1, 0.15) is 17.5 Å². The van der Waals surface area contributed by atoms with E-state index in [0.717, 1.165) is 11.4 Å². The number of nitrogens with one attached hydrogen (secondary N) is 1. The number of aryl methyl sites for hydroxylation is 1. The standard InChI is InChI=1S/C11H13N3OS/c1-14-11(16)12-10(13-14)9(15-2)8-6-4-3-5-7-8/h3-7,9H,1-2H3,(H,12,13,16). The molecule has 84 valence electrons. The lowest BCUT2D eigenvalue weighted by Gasteiger charge is -2.12. The molecule has 0 aliphatic heterocycles. The zero-order chi connectivity index (χ0) is 11.5. The van der Waals surface area contributed by atoms with Gasteiger partial charge < -0.3 is 4.74 Å². The number of nitrogens with zero attached hydrogens (tertiary/aromatic N) is 2. The van der Waals surface area contributed by atoms with Crippen molar-refractivity contribution in [3.8, 4) is 0 Å². The Morgan fingerprint density at radius 2 is 2.06 bits per heavy atom. The highest BCUT2D eigenvalue weighted by Gasteiger charge is 2.16. The van der Waals surface area contributed by atoms with Crippen LogP contribution in [0.25, 0.3) is 0 Å². The SMILES string of the molecule is COC(c1ccccc1)c1nc(=S)n(C)[nH]1. The van der Waals surface area contributed by atoms with Crippen LogP contribution in [0.15, 0.2) is 30.3 Å². The molecule has 1 atom stereocenters. The quantitative estimate of drug-likeness (QED) is 0.829. The molecule has 2 rings (SSSR count). The Kier molecular flexibility index (Phi) is 3.17. The van der Waals surface area contributed by atoms with E-state index in [1.165, 1.54) is 0 Å². The van der Waals surface area contributed by atoms with Gasteiger partial charge in [-0.3, -0.25) is 9.78 Å². The van der Waals surface area contributed by atoms with Crippen LogP contribution in [0, 0.1) is 4.77 Å². The van der Waals surface area contributed by atoms with E-state index in [1.54, 1.807) is 11.8 Å². The lowest BCUT2D eigenvalue weighted by atomic mass is 10.1. The minimum atomic E-state index is -0.205. The molecule has 4 nitrogen and oxygen atoms in total. The molecule has 5 heteroatoms. The summed E-state index contributed by atoms with van der Waals surface area (Å²) in [6, 6.07) is 9.91. The molecule has 1 unspecified atom stereocenters. The minimum Gasteiger partial charge on any atom is -0.369 e. The van der Waals surface area contributed by atoms with Gasteiger partial charge in [0, 0.05) is 14.2 Å². The molecule has 1 heterocycles. The number of hydrogen-bond acceptors (Lipinski definition) is 3. The van der Waals surface area contributed by atoms with Crippen molar-refractivity contribution in [2.75, 3.05) is 7.11 Å². The maximum Gasteiger partial charge on any atom is 0.215 e. The maximum atomic E-state index is 5.44. The highest BCUT2D eigenvalue weighted by molar-refractivity contribution is 7.71. The van der Waals surface area contributed by atoms with Gasteiger partial charge in [-0.15, -0.1) is 0 Å². The van der Waals surface area contributed by atoms with Crippen LogP contribution in [-0.4, -0.2) is 21.9 Å². The van der Waals surface area contributed by atoms with Crippen molar-refractivity contribution in [2.45, 2.75) is 6.10 Å². The Morgan fingerprint density at radius 3 is 2.56 bits per heavy atom. The molecule has 0 bridgehead atoms. The Labute approximate surface area is 98.9 Å².